The van der Waals surface area contributed by atoms with Gasteiger partial charge in [-0.1, -0.05) is 190 Å². The van der Waals surface area contributed by atoms with Gasteiger partial charge in [0.1, 0.15) is 11.2 Å². The molecule has 3 heteroatoms. The van der Waals surface area contributed by atoms with E-state index < -0.39 is 0 Å². The van der Waals surface area contributed by atoms with Crippen molar-refractivity contribution in [2.75, 3.05) is 9.80 Å². The molecule has 1 aliphatic rings. The molecule has 322 valence electrons. The van der Waals surface area contributed by atoms with Crippen molar-refractivity contribution < 1.29 is 4.42 Å². The second-order valence-corrected chi connectivity index (χ2v) is 18.5. The van der Waals surface area contributed by atoms with E-state index in [9.17, 15) is 0 Å². The van der Waals surface area contributed by atoms with Crippen LogP contribution in [0.5, 0.6) is 0 Å². The number of furan rings is 1. The van der Waals surface area contributed by atoms with E-state index in [1.807, 2.05) is 0 Å². The highest BCUT2D eigenvalue weighted by Gasteiger charge is 2.36. The first-order chi connectivity index (χ1) is 33.5. The number of hydrogen-bond acceptors (Lipinski definition) is 3. The molecule has 12 aromatic rings. The van der Waals surface area contributed by atoms with Crippen LogP contribution in [0.15, 0.2) is 247 Å². The number of rotatable bonds is 8. The minimum Gasteiger partial charge on any atom is -0.455 e. The topological polar surface area (TPSA) is 19.6 Å². The molecule has 13 rings (SSSR count). The van der Waals surface area contributed by atoms with Gasteiger partial charge in [0, 0.05) is 55.1 Å². The molecule has 1 aromatic heterocycles. The molecule has 0 aliphatic heterocycles. The maximum absolute atomic E-state index is 6.95. The van der Waals surface area contributed by atoms with Crippen LogP contribution in [0.2, 0.25) is 0 Å². The van der Waals surface area contributed by atoms with Gasteiger partial charge < -0.3 is 14.2 Å². The van der Waals surface area contributed by atoms with Gasteiger partial charge in [-0.05, 0) is 117 Å². The second-order valence-electron chi connectivity index (χ2n) is 18.5. The van der Waals surface area contributed by atoms with Crippen molar-refractivity contribution in [3.63, 3.8) is 0 Å². The van der Waals surface area contributed by atoms with E-state index in [1.54, 1.807) is 0 Å². The summed E-state index contributed by atoms with van der Waals surface area (Å²) in [6.45, 7) is 4.72. The predicted octanol–water partition coefficient (Wildman–Crippen LogP) is 18.5. The molecule has 0 N–H and O–H groups in total. The fraction of sp³-hybridized carbons (Fsp3) is 0.0462. The van der Waals surface area contributed by atoms with Crippen LogP contribution in [0, 0.1) is 0 Å². The maximum atomic E-state index is 6.95. The number of nitrogens with zero attached hydrogens (tertiary/aromatic N) is 2. The summed E-state index contributed by atoms with van der Waals surface area (Å²) in [5, 5.41) is 6.79. The average molecular weight is 871 g/mol. The van der Waals surface area contributed by atoms with Crippen molar-refractivity contribution in [1.82, 2.24) is 0 Å². The number of fused-ring (bicyclic) bond motifs is 9. The number of benzene rings is 11. The largest absolute Gasteiger partial charge is 0.455 e. The standard InChI is InChI=1S/C65H46N2O/c1-65(2)58-28-14-13-24-53(58)54-40-39-50(41-59(54)65)67(49-35-31-44(32-36-49)43-17-5-3-6-18-43)61-42-57-63-52(27-16-30-62(63)68-64(57)56-26-12-11-25-55(56)61)46-33-37-48(38-34-46)66(47-21-7-4-8-22-47)60-29-15-20-45-19-9-10-23-51(45)60/h3-42H,1-2H3. The van der Waals surface area contributed by atoms with Gasteiger partial charge in [-0.2, -0.15) is 0 Å². The van der Waals surface area contributed by atoms with E-state index in [0.29, 0.717) is 0 Å². The lowest BCUT2D eigenvalue weighted by Crippen LogP contribution is -2.16. The zero-order chi connectivity index (χ0) is 45.3. The Morgan fingerprint density at radius 3 is 1.66 bits per heavy atom. The van der Waals surface area contributed by atoms with Crippen molar-refractivity contribution in [3.8, 4) is 33.4 Å². The van der Waals surface area contributed by atoms with Gasteiger partial charge in [-0.3, -0.25) is 0 Å². The molecule has 0 atom stereocenters. The Morgan fingerprint density at radius 1 is 0.338 bits per heavy atom. The summed E-state index contributed by atoms with van der Waals surface area (Å²) in [5.41, 5.74) is 18.2. The molecule has 0 spiro atoms. The minimum absolute atomic E-state index is 0.158. The normalized spacial score (nSPS) is 12.7. The van der Waals surface area contributed by atoms with Crippen LogP contribution in [0.25, 0.3) is 76.9 Å². The molecular formula is C65H46N2O. The number of para-hydroxylation sites is 1. The van der Waals surface area contributed by atoms with Crippen molar-refractivity contribution in [2.45, 2.75) is 19.3 Å². The number of anilines is 6. The fourth-order valence-corrected chi connectivity index (χ4v) is 10.9. The highest BCUT2D eigenvalue weighted by molar-refractivity contribution is 6.22. The molecular weight excluding hydrogens is 825 g/mol. The van der Waals surface area contributed by atoms with E-state index >= 15 is 0 Å². The van der Waals surface area contributed by atoms with E-state index in [4.69, 9.17) is 4.42 Å². The molecule has 0 radical (unpaired) electrons. The first-order valence-electron chi connectivity index (χ1n) is 23.5. The smallest absolute Gasteiger partial charge is 0.143 e. The fourth-order valence-electron chi connectivity index (χ4n) is 10.9. The first kappa shape index (κ1) is 39.7. The Balaban J connectivity index is 0.995. The Morgan fingerprint density at radius 2 is 0.882 bits per heavy atom. The van der Waals surface area contributed by atoms with Crippen molar-refractivity contribution in [3.05, 3.63) is 254 Å². The molecule has 0 saturated heterocycles. The van der Waals surface area contributed by atoms with Gasteiger partial charge in [-0.25, -0.2) is 0 Å². The third kappa shape index (κ3) is 6.35. The van der Waals surface area contributed by atoms with Gasteiger partial charge in [0.25, 0.3) is 0 Å². The lowest BCUT2D eigenvalue weighted by Gasteiger charge is -2.29. The highest BCUT2D eigenvalue weighted by atomic mass is 16.3. The van der Waals surface area contributed by atoms with Crippen LogP contribution >= 0.6 is 0 Å². The van der Waals surface area contributed by atoms with Crippen LogP contribution < -0.4 is 9.80 Å². The molecule has 0 amide bonds. The van der Waals surface area contributed by atoms with Gasteiger partial charge >= 0.3 is 0 Å². The van der Waals surface area contributed by atoms with E-state index in [2.05, 4.69) is 266 Å². The summed E-state index contributed by atoms with van der Waals surface area (Å²) in [7, 11) is 0. The SMILES string of the molecule is CC1(C)c2ccccc2-c2ccc(N(c3ccc(-c4ccccc4)cc3)c3cc4c(oc5cccc(-c6ccc(N(c7ccccc7)c7cccc8ccccc78)cc6)c54)c4ccccc34)cc21. The van der Waals surface area contributed by atoms with Crippen molar-refractivity contribution >= 4 is 77.6 Å². The van der Waals surface area contributed by atoms with Crippen LogP contribution in [0.4, 0.5) is 34.1 Å². The van der Waals surface area contributed by atoms with Crippen LogP contribution in [0.3, 0.4) is 0 Å². The second kappa shape index (κ2) is 15.8. The third-order valence-corrected chi connectivity index (χ3v) is 14.2. The summed E-state index contributed by atoms with van der Waals surface area (Å²) in [4.78, 5) is 4.82. The molecule has 3 nitrogen and oxygen atoms in total. The molecule has 1 aliphatic carbocycles. The zero-order valence-electron chi connectivity index (χ0n) is 37.9. The zero-order valence-corrected chi connectivity index (χ0v) is 37.9. The summed E-state index contributed by atoms with van der Waals surface area (Å²) in [6, 6.07) is 88.0. The lowest BCUT2D eigenvalue weighted by molar-refractivity contribution is 0.660. The van der Waals surface area contributed by atoms with E-state index in [0.717, 1.165) is 78.0 Å². The molecule has 0 unspecified atom stereocenters. The summed E-state index contributed by atoms with van der Waals surface area (Å²) < 4.78 is 6.95. The number of hydrogen-bond donors (Lipinski definition) is 0. The average Bonchev–Trinajstić information content (AvgIpc) is 3.89. The van der Waals surface area contributed by atoms with Crippen molar-refractivity contribution in [2.24, 2.45) is 0 Å². The van der Waals surface area contributed by atoms with Gasteiger partial charge in [0.15, 0.2) is 0 Å². The van der Waals surface area contributed by atoms with E-state index in [1.165, 1.54) is 44.2 Å². The summed E-state index contributed by atoms with van der Waals surface area (Å²) in [6.07, 6.45) is 0. The monoisotopic (exact) mass is 870 g/mol. The Bertz CT molecular complexity index is 3860. The minimum atomic E-state index is -0.158. The van der Waals surface area contributed by atoms with Crippen LogP contribution in [-0.2, 0) is 5.41 Å². The maximum Gasteiger partial charge on any atom is 0.143 e. The molecule has 0 fully saturated rings. The predicted molar refractivity (Wildman–Crippen MR) is 287 cm³/mol. The van der Waals surface area contributed by atoms with E-state index in [-0.39, 0.29) is 5.41 Å². The lowest BCUT2D eigenvalue weighted by atomic mass is 9.82. The first-order valence-corrected chi connectivity index (χ1v) is 23.5. The van der Waals surface area contributed by atoms with Gasteiger partial charge in [0.05, 0.1) is 11.4 Å². The van der Waals surface area contributed by atoms with Crippen LogP contribution in [0.1, 0.15) is 25.0 Å². The molecule has 68 heavy (non-hydrogen) atoms. The molecule has 0 saturated carbocycles. The van der Waals surface area contributed by atoms with Crippen molar-refractivity contribution in [1.29, 1.82) is 0 Å². The Labute approximate surface area is 396 Å². The van der Waals surface area contributed by atoms with Gasteiger partial charge in [-0.15, -0.1) is 0 Å². The van der Waals surface area contributed by atoms with Crippen LogP contribution in [-0.4, -0.2) is 0 Å². The highest BCUT2D eigenvalue weighted by Crippen LogP contribution is 2.52. The Kier molecular flexibility index (Phi) is 9.19. The van der Waals surface area contributed by atoms with Gasteiger partial charge in [0.2, 0.25) is 0 Å². The molecule has 0 bridgehead atoms. The molecule has 1 heterocycles. The Hall–Kier alpha value is -8.66. The quantitative estimate of drug-likeness (QED) is 0.152. The molecule has 11 aromatic carbocycles. The third-order valence-electron chi connectivity index (χ3n) is 14.2. The summed E-state index contributed by atoms with van der Waals surface area (Å²) in [5.74, 6) is 0. The summed E-state index contributed by atoms with van der Waals surface area (Å²) >= 11 is 0.